The summed E-state index contributed by atoms with van der Waals surface area (Å²) in [5.74, 6) is 1.54. The third kappa shape index (κ3) is 4.28. The Labute approximate surface area is 153 Å². The predicted molar refractivity (Wildman–Crippen MR) is 101 cm³/mol. The molecule has 1 aromatic carbocycles. The quantitative estimate of drug-likeness (QED) is 0.543. The highest BCUT2D eigenvalue weighted by molar-refractivity contribution is 5.78. The number of hydrogen-bond acceptors (Lipinski definition) is 4. The molecule has 2 aromatic heterocycles. The van der Waals surface area contributed by atoms with Crippen LogP contribution in [0.4, 0.5) is 0 Å². The Hall–Kier alpha value is -2.70. The van der Waals surface area contributed by atoms with Gasteiger partial charge < -0.3 is 28.9 Å². The van der Waals surface area contributed by atoms with E-state index in [9.17, 15) is 0 Å². The molecular formula is C20H24N2O4. The third-order valence-corrected chi connectivity index (χ3v) is 3.95. The van der Waals surface area contributed by atoms with Crippen LogP contribution in [0.25, 0.3) is 22.5 Å². The van der Waals surface area contributed by atoms with E-state index in [4.69, 9.17) is 18.9 Å². The van der Waals surface area contributed by atoms with Gasteiger partial charge >= 0.3 is 0 Å². The standard InChI is InChI=1S/C20H24N2O4/c1-23-9-11-25-19-13-16(18-6-4-8-22-18)20(26-12-10-24-2)14-15(19)17-5-3-7-21-17/h3-8,13-14,21-22H,9-12H2,1-2H3. The summed E-state index contributed by atoms with van der Waals surface area (Å²) in [5, 5.41) is 0. The summed E-state index contributed by atoms with van der Waals surface area (Å²) >= 11 is 0. The number of hydrogen-bond donors (Lipinski definition) is 2. The highest BCUT2D eigenvalue weighted by Gasteiger charge is 2.16. The molecule has 0 saturated carbocycles. The zero-order valence-electron chi connectivity index (χ0n) is 15.1. The summed E-state index contributed by atoms with van der Waals surface area (Å²) < 4.78 is 22.2. The smallest absolute Gasteiger partial charge is 0.129 e. The Morgan fingerprint density at radius 1 is 0.692 bits per heavy atom. The van der Waals surface area contributed by atoms with E-state index >= 15 is 0 Å². The van der Waals surface area contributed by atoms with Gasteiger partial charge in [0, 0.05) is 49.1 Å². The molecule has 0 bridgehead atoms. The van der Waals surface area contributed by atoms with Crippen molar-refractivity contribution in [2.75, 3.05) is 40.6 Å². The molecule has 0 radical (unpaired) electrons. The number of benzene rings is 1. The van der Waals surface area contributed by atoms with Gasteiger partial charge in [0.1, 0.15) is 24.7 Å². The molecule has 0 saturated heterocycles. The molecule has 138 valence electrons. The second-order valence-electron chi connectivity index (χ2n) is 5.69. The average Bonchev–Trinajstić information content (AvgIpc) is 3.36. The normalized spacial score (nSPS) is 10.8. The minimum atomic E-state index is 0.470. The first-order valence-corrected chi connectivity index (χ1v) is 8.52. The van der Waals surface area contributed by atoms with Crippen molar-refractivity contribution in [3.05, 3.63) is 48.8 Å². The number of aromatic nitrogens is 2. The Balaban J connectivity index is 2.02. The predicted octanol–water partition coefficient (Wildman–Crippen LogP) is 3.73. The summed E-state index contributed by atoms with van der Waals surface area (Å²) in [6.45, 7) is 1.98. The number of aromatic amines is 2. The number of ether oxygens (including phenoxy) is 4. The maximum atomic E-state index is 5.98. The van der Waals surface area contributed by atoms with Gasteiger partial charge in [-0.25, -0.2) is 0 Å². The van der Waals surface area contributed by atoms with Gasteiger partial charge in [-0.2, -0.15) is 0 Å². The minimum absolute atomic E-state index is 0.470. The Kier molecular flexibility index (Phi) is 6.35. The zero-order valence-corrected chi connectivity index (χ0v) is 15.1. The molecule has 0 aliphatic rings. The summed E-state index contributed by atoms with van der Waals surface area (Å²) in [5.41, 5.74) is 3.81. The first-order valence-electron chi connectivity index (χ1n) is 8.52. The number of methoxy groups -OCH3 is 2. The van der Waals surface area contributed by atoms with E-state index < -0.39 is 0 Å². The first kappa shape index (κ1) is 18.1. The van der Waals surface area contributed by atoms with Gasteiger partial charge in [-0.15, -0.1) is 0 Å². The lowest BCUT2D eigenvalue weighted by Crippen LogP contribution is -2.08. The van der Waals surface area contributed by atoms with E-state index in [1.165, 1.54) is 0 Å². The molecule has 3 aromatic rings. The van der Waals surface area contributed by atoms with Crippen LogP contribution < -0.4 is 9.47 Å². The fraction of sp³-hybridized carbons (Fsp3) is 0.300. The van der Waals surface area contributed by atoms with Gasteiger partial charge in [-0.3, -0.25) is 0 Å². The van der Waals surface area contributed by atoms with E-state index in [2.05, 4.69) is 9.97 Å². The average molecular weight is 356 g/mol. The van der Waals surface area contributed by atoms with E-state index in [1.54, 1.807) is 14.2 Å². The molecule has 0 spiro atoms. The van der Waals surface area contributed by atoms with Crippen LogP contribution in [-0.2, 0) is 9.47 Å². The number of nitrogens with one attached hydrogen (secondary N) is 2. The van der Waals surface area contributed by atoms with Crippen molar-refractivity contribution in [3.8, 4) is 34.0 Å². The molecule has 26 heavy (non-hydrogen) atoms. The van der Waals surface area contributed by atoms with E-state index in [0.29, 0.717) is 26.4 Å². The lowest BCUT2D eigenvalue weighted by atomic mass is 10.0. The largest absolute Gasteiger partial charge is 0.490 e. The lowest BCUT2D eigenvalue weighted by molar-refractivity contribution is 0.145. The molecular weight excluding hydrogens is 332 g/mol. The molecule has 3 rings (SSSR count). The number of rotatable bonds is 10. The Bertz CT molecular complexity index is 715. The summed E-state index contributed by atoms with van der Waals surface area (Å²) in [4.78, 5) is 6.47. The van der Waals surface area contributed by atoms with Gasteiger partial charge in [0.05, 0.1) is 13.2 Å². The van der Waals surface area contributed by atoms with Crippen LogP contribution in [0, 0.1) is 0 Å². The van der Waals surface area contributed by atoms with Crippen molar-refractivity contribution in [2.24, 2.45) is 0 Å². The highest BCUT2D eigenvalue weighted by Crippen LogP contribution is 2.40. The van der Waals surface area contributed by atoms with Crippen molar-refractivity contribution in [2.45, 2.75) is 0 Å². The van der Waals surface area contributed by atoms with Gasteiger partial charge in [-0.05, 0) is 36.4 Å². The van der Waals surface area contributed by atoms with Crippen molar-refractivity contribution < 1.29 is 18.9 Å². The van der Waals surface area contributed by atoms with Gasteiger partial charge in [0.25, 0.3) is 0 Å². The van der Waals surface area contributed by atoms with Crippen molar-refractivity contribution in [3.63, 3.8) is 0 Å². The minimum Gasteiger partial charge on any atom is -0.490 e. The fourth-order valence-electron chi connectivity index (χ4n) is 2.69. The zero-order chi connectivity index (χ0) is 18.2. The fourth-order valence-corrected chi connectivity index (χ4v) is 2.69. The van der Waals surface area contributed by atoms with Gasteiger partial charge in [0.2, 0.25) is 0 Å². The molecule has 2 heterocycles. The van der Waals surface area contributed by atoms with E-state index in [1.807, 2.05) is 48.8 Å². The SMILES string of the molecule is COCCOc1cc(-c2ccc[nH]2)c(OCCOC)cc1-c1ccc[nH]1. The van der Waals surface area contributed by atoms with Gasteiger partial charge in [0.15, 0.2) is 0 Å². The molecule has 2 N–H and O–H groups in total. The maximum absolute atomic E-state index is 5.98. The lowest BCUT2D eigenvalue weighted by Gasteiger charge is -2.17. The Morgan fingerprint density at radius 2 is 1.15 bits per heavy atom. The van der Waals surface area contributed by atoms with Crippen LogP contribution in [0.15, 0.2) is 48.8 Å². The molecule has 0 aliphatic carbocycles. The van der Waals surface area contributed by atoms with Gasteiger partial charge in [-0.1, -0.05) is 0 Å². The first-order chi connectivity index (χ1) is 12.8. The Morgan fingerprint density at radius 3 is 1.50 bits per heavy atom. The summed E-state index contributed by atoms with van der Waals surface area (Å²) in [6.07, 6.45) is 3.78. The summed E-state index contributed by atoms with van der Waals surface area (Å²) in [7, 11) is 3.32. The van der Waals surface area contributed by atoms with Crippen molar-refractivity contribution >= 4 is 0 Å². The third-order valence-electron chi connectivity index (χ3n) is 3.95. The molecule has 0 aliphatic heterocycles. The second kappa shape index (κ2) is 9.12. The molecule has 0 amide bonds. The summed E-state index contributed by atoms with van der Waals surface area (Å²) in [6, 6.07) is 11.9. The van der Waals surface area contributed by atoms with Crippen molar-refractivity contribution in [1.29, 1.82) is 0 Å². The van der Waals surface area contributed by atoms with Crippen LogP contribution in [0.3, 0.4) is 0 Å². The number of H-pyrrole nitrogens is 2. The van der Waals surface area contributed by atoms with Crippen molar-refractivity contribution in [1.82, 2.24) is 9.97 Å². The van der Waals surface area contributed by atoms with Crippen LogP contribution >= 0.6 is 0 Å². The molecule has 6 nitrogen and oxygen atoms in total. The molecule has 6 heteroatoms. The maximum Gasteiger partial charge on any atom is 0.129 e. The molecule has 0 atom stereocenters. The van der Waals surface area contributed by atoms with Crippen LogP contribution in [0.1, 0.15) is 0 Å². The highest BCUT2D eigenvalue weighted by atomic mass is 16.5. The van der Waals surface area contributed by atoms with E-state index in [0.717, 1.165) is 34.0 Å². The van der Waals surface area contributed by atoms with E-state index in [-0.39, 0.29) is 0 Å². The van der Waals surface area contributed by atoms with Crippen LogP contribution in [0.5, 0.6) is 11.5 Å². The second-order valence-corrected chi connectivity index (χ2v) is 5.69. The topological polar surface area (TPSA) is 68.5 Å². The molecule has 0 unspecified atom stereocenters. The van der Waals surface area contributed by atoms with Crippen LogP contribution in [0.2, 0.25) is 0 Å². The molecule has 0 fully saturated rings. The monoisotopic (exact) mass is 356 g/mol. The van der Waals surface area contributed by atoms with Crippen LogP contribution in [-0.4, -0.2) is 50.6 Å².